The second-order valence-corrected chi connectivity index (χ2v) is 13.5. The Hall–Kier alpha value is -3.78. The van der Waals surface area contributed by atoms with E-state index in [0.717, 1.165) is 74.7 Å². The molecule has 1 fully saturated rings. The minimum Gasteiger partial charge on any atom is -0.478 e. The van der Waals surface area contributed by atoms with E-state index >= 15 is 0 Å². The zero-order chi connectivity index (χ0) is 30.2. The van der Waals surface area contributed by atoms with Crippen LogP contribution in [0.25, 0.3) is 38.8 Å². The van der Waals surface area contributed by atoms with E-state index in [9.17, 15) is 14.7 Å². The Morgan fingerprint density at radius 1 is 1.07 bits per heavy atom. The topological polar surface area (TPSA) is 94.3 Å². The van der Waals surface area contributed by atoms with Gasteiger partial charge in [-0.1, -0.05) is 31.4 Å². The van der Waals surface area contributed by atoms with E-state index in [1.165, 1.54) is 6.42 Å². The highest BCUT2D eigenvalue weighted by Crippen LogP contribution is 2.41. The van der Waals surface area contributed by atoms with Crippen molar-refractivity contribution in [1.82, 2.24) is 14.5 Å². The van der Waals surface area contributed by atoms with Crippen LogP contribution in [0, 0.1) is 13.8 Å². The van der Waals surface area contributed by atoms with Gasteiger partial charge in [0.15, 0.2) is 0 Å². The summed E-state index contributed by atoms with van der Waals surface area (Å²) in [6.45, 7) is 11.1. The van der Waals surface area contributed by atoms with Crippen LogP contribution in [-0.2, 0) is 20.9 Å². The van der Waals surface area contributed by atoms with Crippen molar-refractivity contribution >= 4 is 40.3 Å². The molecule has 4 aromatic rings. The van der Waals surface area contributed by atoms with Crippen molar-refractivity contribution in [2.45, 2.75) is 91.7 Å². The van der Waals surface area contributed by atoms with E-state index in [1.54, 1.807) is 24.3 Å². The number of nitrogens with zero attached hydrogens (tertiary/aromatic N) is 3. The Balaban J connectivity index is 1.67. The van der Waals surface area contributed by atoms with Gasteiger partial charge in [-0.3, -0.25) is 4.79 Å². The molecule has 1 aliphatic rings. The van der Waals surface area contributed by atoms with E-state index in [4.69, 9.17) is 9.72 Å². The summed E-state index contributed by atoms with van der Waals surface area (Å²) < 4.78 is 7.66. The fourth-order valence-corrected chi connectivity index (χ4v) is 6.77. The van der Waals surface area contributed by atoms with Gasteiger partial charge in [-0.05, 0) is 102 Å². The molecule has 3 heterocycles. The summed E-state index contributed by atoms with van der Waals surface area (Å²) >= 11 is 1.65. The predicted octanol–water partition coefficient (Wildman–Crippen LogP) is 8.32. The highest BCUT2D eigenvalue weighted by molar-refractivity contribution is 7.15. The van der Waals surface area contributed by atoms with E-state index < -0.39 is 11.6 Å². The first-order valence-electron chi connectivity index (χ1n) is 14.6. The molecule has 1 aliphatic carbocycles. The minimum atomic E-state index is -0.986. The number of aliphatic carboxylic acids is 1. The first-order chi connectivity index (χ1) is 19.9. The van der Waals surface area contributed by atoms with Crippen molar-refractivity contribution in [3.05, 3.63) is 63.9 Å². The second-order valence-electron chi connectivity index (χ2n) is 12.3. The van der Waals surface area contributed by atoms with Crippen molar-refractivity contribution in [3.8, 4) is 21.8 Å². The molecule has 0 spiro atoms. The van der Waals surface area contributed by atoms with Crippen LogP contribution < -0.4 is 0 Å². The number of rotatable bonds is 7. The molecule has 0 atom stereocenters. The number of carboxylic acids is 1. The molecule has 0 saturated heterocycles. The molecule has 1 aromatic carbocycles. The summed E-state index contributed by atoms with van der Waals surface area (Å²) in [7, 11) is 0. The molecule has 1 saturated carbocycles. The van der Waals surface area contributed by atoms with Gasteiger partial charge in [0.25, 0.3) is 0 Å². The number of esters is 1. The number of hydrogen-bond donors (Lipinski definition) is 1. The second kappa shape index (κ2) is 11.8. The number of aromatic nitrogens is 3. The van der Waals surface area contributed by atoms with Gasteiger partial charge in [-0.25, -0.2) is 14.8 Å². The third-order valence-corrected chi connectivity index (χ3v) is 8.81. The molecule has 1 N–H and O–H groups in total. The summed E-state index contributed by atoms with van der Waals surface area (Å²) in [6, 6.07) is 12.4. The third-order valence-electron chi connectivity index (χ3n) is 7.71. The fraction of sp³-hybridized carbons (Fsp3) is 0.412. The normalized spacial score (nSPS) is 14.9. The standard InChI is InChI=1S/C34H39N3O4S/c1-20(33(39)40)16-26-18-27(23-10-8-7-9-11-23)31(37(26)19-30(38)41-34(4,5)6)25-13-14-28-24(17-25)12-15-29(36-28)32-21(2)35-22(3)42-32/h12-18,23H,7-11,19H2,1-6H3,(H,39,40)/b20-16+. The Labute approximate surface area is 251 Å². The summed E-state index contributed by atoms with van der Waals surface area (Å²) in [5.41, 5.74) is 6.11. The number of ether oxygens (including phenoxy) is 1. The number of hydrogen-bond acceptors (Lipinski definition) is 6. The molecule has 7 nitrogen and oxygen atoms in total. The van der Waals surface area contributed by atoms with Gasteiger partial charge >= 0.3 is 11.9 Å². The number of thiazole rings is 1. The number of fused-ring (bicyclic) bond motifs is 1. The van der Waals surface area contributed by atoms with Crippen LogP contribution in [0.1, 0.15) is 87.7 Å². The molecule has 5 rings (SSSR count). The van der Waals surface area contributed by atoms with Crippen molar-refractivity contribution in [2.75, 3.05) is 0 Å². The summed E-state index contributed by atoms with van der Waals surface area (Å²) in [5, 5.41) is 11.7. The lowest BCUT2D eigenvalue weighted by molar-refractivity contribution is -0.155. The largest absolute Gasteiger partial charge is 0.478 e. The molecule has 42 heavy (non-hydrogen) atoms. The van der Waals surface area contributed by atoms with Crippen molar-refractivity contribution < 1.29 is 19.4 Å². The number of carbonyl (C=O) groups is 2. The minimum absolute atomic E-state index is 0.0166. The van der Waals surface area contributed by atoms with Crippen LogP contribution in [0.4, 0.5) is 0 Å². The number of aryl methyl sites for hydroxylation is 2. The third kappa shape index (κ3) is 6.49. The van der Waals surface area contributed by atoms with Crippen LogP contribution in [0.3, 0.4) is 0 Å². The van der Waals surface area contributed by atoms with Gasteiger partial charge < -0.3 is 14.4 Å². The molecule has 220 valence electrons. The maximum Gasteiger partial charge on any atom is 0.331 e. The highest BCUT2D eigenvalue weighted by atomic mass is 32.1. The lowest BCUT2D eigenvalue weighted by Crippen LogP contribution is -2.27. The number of pyridine rings is 1. The Morgan fingerprint density at radius 2 is 1.81 bits per heavy atom. The van der Waals surface area contributed by atoms with Crippen molar-refractivity contribution in [3.63, 3.8) is 0 Å². The number of carbonyl (C=O) groups excluding carboxylic acids is 1. The van der Waals surface area contributed by atoms with Crippen LogP contribution in [-0.4, -0.2) is 37.2 Å². The van der Waals surface area contributed by atoms with Crippen molar-refractivity contribution in [1.29, 1.82) is 0 Å². The van der Waals surface area contributed by atoms with Crippen LogP contribution in [0.2, 0.25) is 0 Å². The molecule has 0 bridgehead atoms. The van der Waals surface area contributed by atoms with Gasteiger partial charge in [0.2, 0.25) is 0 Å². The first kappa shape index (κ1) is 29.7. The molecule has 0 radical (unpaired) electrons. The highest BCUT2D eigenvalue weighted by Gasteiger charge is 2.27. The van der Waals surface area contributed by atoms with E-state index in [2.05, 4.69) is 29.2 Å². The van der Waals surface area contributed by atoms with E-state index in [0.29, 0.717) is 11.6 Å². The molecular formula is C34H39N3O4S. The summed E-state index contributed by atoms with van der Waals surface area (Å²) in [6.07, 6.45) is 7.32. The zero-order valence-electron chi connectivity index (χ0n) is 25.3. The SMILES string of the molecule is C/C(=C\c1cc(C2CCCCC2)c(-c2ccc3nc(-c4sc(C)nc4C)ccc3c2)n1CC(=O)OC(C)(C)C)C(=O)O. The average Bonchev–Trinajstić information content (AvgIpc) is 3.45. The van der Waals surface area contributed by atoms with Crippen LogP contribution >= 0.6 is 11.3 Å². The predicted molar refractivity (Wildman–Crippen MR) is 169 cm³/mol. The van der Waals surface area contributed by atoms with Gasteiger partial charge in [0, 0.05) is 16.7 Å². The maximum absolute atomic E-state index is 13.2. The molecular weight excluding hydrogens is 546 g/mol. The Morgan fingerprint density at radius 3 is 2.45 bits per heavy atom. The first-order valence-corrected chi connectivity index (χ1v) is 15.4. The molecule has 0 unspecified atom stereocenters. The summed E-state index contributed by atoms with van der Waals surface area (Å²) in [4.78, 5) is 35.6. The monoisotopic (exact) mass is 585 g/mol. The van der Waals surface area contributed by atoms with Crippen LogP contribution in [0.15, 0.2) is 42.0 Å². The van der Waals surface area contributed by atoms with Gasteiger partial charge in [-0.15, -0.1) is 11.3 Å². The molecule has 0 amide bonds. The van der Waals surface area contributed by atoms with Crippen LogP contribution in [0.5, 0.6) is 0 Å². The van der Waals surface area contributed by atoms with E-state index in [1.807, 2.05) is 51.3 Å². The zero-order valence-corrected chi connectivity index (χ0v) is 26.1. The Bertz CT molecular complexity index is 1680. The van der Waals surface area contributed by atoms with Gasteiger partial charge in [0.1, 0.15) is 12.1 Å². The molecule has 0 aliphatic heterocycles. The van der Waals surface area contributed by atoms with Gasteiger partial charge in [0.05, 0.1) is 32.5 Å². The Kier molecular flexibility index (Phi) is 8.37. The quantitative estimate of drug-likeness (QED) is 0.173. The fourth-order valence-electron chi connectivity index (χ4n) is 5.88. The smallest absolute Gasteiger partial charge is 0.331 e. The summed E-state index contributed by atoms with van der Waals surface area (Å²) in [5.74, 6) is -1.01. The number of carboxylic acid groups (broad SMARTS) is 1. The molecule has 8 heteroatoms. The van der Waals surface area contributed by atoms with Crippen molar-refractivity contribution in [2.24, 2.45) is 0 Å². The average molecular weight is 586 g/mol. The number of benzene rings is 1. The maximum atomic E-state index is 13.2. The van der Waals surface area contributed by atoms with E-state index in [-0.39, 0.29) is 18.1 Å². The molecule has 3 aromatic heterocycles. The lowest BCUT2D eigenvalue weighted by atomic mass is 9.83. The van der Waals surface area contributed by atoms with Gasteiger partial charge in [-0.2, -0.15) is 0 Å². The lowest BCUT2D eigenvalue weighted by Gasteiger charge is -2.24.